The van der Waals surface area contributed by atoms with Crippen molar-refractivity contribution in [3.63, 3.8) is 0 Å². The van der Waals surface area contributed by atoms with Crippen LogP contribution in [0.3, 0.4) is 0 Å². The standard InChI is InChI=1S/C9H16O.C3H6O.2CH4.H2/c1-6-7-3-4-8(5-7)9(6)10-2;1-3-2-4-3;;;/h6-9H,3-5H2,1-2H3;3H,2H2,1H3;2*1H4;1H. The lowest BCUT2D eigenvalue weighted by Crippen LogP contribution is -2.26. The molecule has 2 aliphatic carbocycles. The summed E-state index contributed by atoms with van der Waals surface area (Å²) >= 11 is 0. The van der Waals surface area contributed by atoms with Crippen LogP contribution in [-0.2, 0) is 9.47 Å². The molecule has 3 aliphatic rings. The molecule has 100 valence electrons. The Morgan fingerprint density at radius 1 is 1.12 bits per heavy atom. The van der Waals surface area contributed by atoms with Gasteiger partial charge in [0.25, 0.3) is 0 Å². The zero-order valence-corrected chi connectivity index (χ0v) is 9.53. The van der Waals surface area contributed by atoms with E-state index < -0.39 is 0 Å². The fourth-order valence-corrected chi connectivity index (χ4v) is 3.03. The largest absolute Gasteiger partial charge is 0.381 e. The van der Waals surface area contributed by atoms with Crippen molar-refractivity contribution >= 4 is 0 Å². The van der Waals surface area contributed by atoms with E-state index in [0.717, 1.165) is 24.4 Å². The first-order valence-corrected chi connectivity index (χ1v) is 5.86. The molecule has 2 nitrogen and oxygen atoms in total. The normalized spacial score (nSPS) is 42.6. The molecule has 0 N–H and O–H groups in total. The first kappa shape index (κ1) is 15.9. The highest BCUT2D eigenvalue weighted by molar-refractivity contribution is 4.95. The Bertz CT molecular complexity index is 193. The molecule has 0 spiro atoms. The number of hydrogen-bond donors (Lipinski definition) is 0. The van der Waals surface area contributed by atoms with Gasteiger partial charge in [0.05, 0.1) is 18.8 Å². The Hall–Kier alpha value is -0.0800. The average molecular weight is 232 g/mol. The van der Waals surface area contributed by atoms with Gasteiger partial charge in [0, 0.05) is 8.54 Å². The second-order valence-corrected chi connectivity index (χ2v) is 5.04. The van der Waals surface area contributed by atoms with Crippen molar-refractivity contribution in [2.75, 3.05) is 13.7 Å². The van der Waals surface area contributed by atoms with Gasteiger partial charge in [-0.15, -0.1) is 0 Å². The molecule has 2 heteroatoms. The summed E-state index contributed by atoms with van der Waals surface area (Å²) in [6, 6.07) is 0. The zero-order valence-electron chi connectivity index (χ0n) is 9.53. The molecule has 2 saturated carbocycles. The van der Waals surface area contributed by atoms with Crippen molar-refractivity contribution in [2.45, 2.75) is 60.2 Å². The molecule has 0 aromatic rings. The van der Waals surface area contributed by atoms with Gasteiger partial charge in [0.1, 0.15) is 0 Å². The van der Waals surface area contributed by atoms with Crippen LogP contribution in [0.4, 0.5) is 0 Å². The first-order chi connectivity index (χ1) is 6.72. The Morgan fingerprint density at radius 3 is 1.88 bits per heavy atom. The van der Waals surface area contributed by atoms with Gasteiger partial charge in [0.15, 0.2) is 0 Å². The molecule has 0 aromatic heterocycles. The van der Waals surface area contributed by atoms with Crippen molar-refractivity contribution < 1.29 is 10.9 Å². The van der Waals surface area contributed by atoms with Gasteiger partial charge in [-0.05, 0) is 43.9 Å². The fraction of sp³-hybridized carbons (Fsp3) is 1.00. The fourth-order valence-electron chi connectivity index (χ4n) is 3.03. The minimum atomic E-state index is 0. The molecule has 1 heterocycles. The lowest BCUT2D eigenvalue weighted by molar-refractivity contribution is 0.0209. The first-order valence-electron chi connectivity index (χ1n) is 5.86. The molecule has 3 fully saturated rings. The second-order valence-electron chi connectivity index (χ2n) is 5.04. The van der Waals surface area contributed by atoms with Crippen LogP contribution in [0.25, 0.3) is 0 Å². The SMILES string of the molecule is C.C.CC1CO1.COC1C2CCC(C2)C1C.[HH]. The molecule has 1 aliphatic heterocycles. The summed E-state index contributed by atoms with van der Waals surface area (Å²) in [7, 11) is 1.86. The predicted octanol–water partition coefficient (Wildman–Crippen LogP) is 3.99. The van der Waals surface area contributed by atoms with E-state index in [2.05, 4.69) is 13.8 Å². The summed E-state index contributed by atoms with van der Waals surface area (Å²) in [5, 5.41) is 0. The summed E-state index contributed by atoms with van der Waals surface area (Å²) in [6.07, 6.45) is 5.51. The minimum Gasteiger partial charge on any atom is -0.381 e. The van der Waals surface area contributed by atoms with Gasteiger partial charge in [-0.1, -0.05) is 21.8 Å². The van der Waals surface area contributed by atoms with Crippen molar-refractivity contribution in [1.29, 1.82) is 0 Å². The molecule has 0 radical (unpaired) electrons. The smallest absolute Gasteiger partial charge is 0.0781 e. The van der Waals surface area contributed by atoms with Crippen LogP contribution in [0.15, 0.2) is 0 Å². The Balaban J connectivity index is 0. The molecular formula is C14H32O2. The third kappa shape index (κ3) is 3.46. The van der Waals surface area contributed by atoms with Crippen LogP contribution in [-0.4, -0.2) is 25.9 Å². The summed E-state index contributed by atoms with van der Waals surface area (Å²) in [6.45, 7) is 5.39. The summed E-state index contributed by atoms with van der Waals surface area (Å²) < 4.78 is 10.2. The van der Waals surface area contributed by atoms with Gasteiger partial charge >= 0.3 is 0 Å². The van der Waals surface area contributed by atoms with Crippen LogP contribution in [0.5, 0.6) is 0 Å². The Labute approximate surface area is 103 Å². The van der Waals surface area contributed by atoms with Gasteiger partial charge in [-0.25, -0.2) is 0 Å². The number of epoxide rings is 1. The molecule has 5 unspecified atom stereocenters. The van der Waals surface area contributed by atoms with Crippen LogP contribution < -0.4 is 0 Å². The number of hydrogen-bond acceptors (Lipinski definition) is 2. The summed E-state index contributed by atoms with van der Waals surface area (Å²) in [4.78, 5) is 0. The van der Waals surface area contributed by atoms with E-state index in [4.69, 9.17) is 9.47 Å². The molecular weight excluding hydrogens is 200 g/mol. The maximum atomic E-state index is 5.46. The lowest BCUT2D eigenvalue weighted by Gasteiger charge is -2.26. The quantitative estimate of drug-likeness (QED) is 0.638. The maximum absolute atomic E-state index is 5.46. The zero-order chi connectivity index (χ0) is 10.1. The minimum absolute atomic E-state index is 0. The van der Waals surface area contributed by atoms with Gasteiger partial charge < -0.3 is 9.47 Å². The van der Waals surface area contributed by atoms with Crippen LogP contribution in [0.1, 0.15) is 49.4 Å². The van der Waals surface area contributed by atoms with Gasteiger partial charge in [-0.3, -0.25) is 0 Å². The van der Waals surface area contributed by atoms with E-state index in [1.165, 1.54) is 19.3 Å². The average Bonchev–Trinajstić information content (AvgIpc) is 2.74. The highest BCUT2D eigenvalue weighted by Gasteiger charge is 2.45. The number of ether oxygens (including phenoxy) is 2. The molecule has 16 heavy (non-hydrogen) atoms. The molecule has 0 aromatic carbocycles. The number of methoxy groups -OCH3 is 1. The monoisotopic (exact) mass is 232 g/mol. The van der Waals surface area contributed by atoms with Crippen molar-refractivity contribution in [3.8, 4) is 0 Å². The molecule has 2 bridgehead atoms. The number of fused-ring (bicyclic) bond motifs is 2. The molecule has 5 atom stereocenters. The van der Waals surface area contributed by atoms with Crippen LogP contribution in [0, 0.1) is 17.8 Å². The highest BCUT2D eigenvalue weighted by Crippen LogP contribution is 2.49. The second kappa shape index (κ2) is 6.61. The van der Waals surface area contributed by atoms with Gasteiger partial charge in [0.2, 0.25) is 0 Å². The molecule has 1 saturated heterocycles. The molecule has 3 rings (SSSR count). The van der Waals surface area contributed by atoms with E-state index in [-0.39, 0.29) is 16.3 Å². The van der Waals surface area contributed by atoms with Crippen molar-refractivity contribution in [3.05, 3.63) is 0 Å². The third-order valence-corrected chi connectivity index (χ3v) is 4.01. The maximum Gasteiger partial charge on any atom is 0.0781 e. The van der Waals surface area contributed by atoms with Crippen LogP contribution in [0.2, 0.25) is 0 Å². The van der Waals surface area contributed by atoms with E-state index in [1.54, 1.807) is 0 Å². The highest BCUT2D eigenvalue weighted by atomic mass is 16.6. The topological polar surface area (TPSA) is 21.8 Å². The van der Waals surface area contributed by atoms with Gasteiger partial charge in [-0.2, -0.15) is 0 Å². The van der Waals surface area contributed by atoms with Crippen molar-refractivity contribution in [2.24, 2.45) is 17.8 Å². The Kier molecular flexibility index (Phi) is 6.57. The van der Waals surface area contributed by atoms with E-state index in [1.807, 2.05) is 7.11 Å². The third-order valence-electron chi connectivity index (χ3n) is 4.01. The lowest BCUT2D eigenvalue weighted by atomic mass is 9.88. The molecule has 0 amide bonds. The van der Waals surface area contributed by atoms with E-state index in [0.29, 0.717) is 12.2 Å². The van der Waals surface area contributed by atoms with E-state index in [9.17, 15) is 0 Å². The summed E-state index contributed by atoms with van der Waals surface area (Å²) in [5.74, 6) is 2.74. The van der Waals surface area contributed by atoms with Crippen molar-refractivity contribution in [1.82, 2.24) is 0 Å². The summed E-state index contributed by atoms with van der Waals surface area (Å²) in [5.41, 5.74) is 0. The Morgan fingerprint density at radius 2 is 1.62 bits per heavy atom. The van der Waals surface area contributed by atoms with Crippen LogP contribution >= 0.6 is 0 Å². The van der Waals surface area contributed by atoms with E-state index >= 15 is 0 Å². The number of rotatable bonds is 1. The predicted molar refractivity (Wildman–Crippen MR) is 71.8 cm³/mol.